The largest absolute Gasteiger partial charge is 0.480 e. The molecular formula is C10H20N2O3S. The van der Waals surface area contributed by atoms with Crippen molar-refractivity contribution in [2.45, 2.75) is 25.8 Å². The molecule has 5 nitrogen and oxygen atoms in total. The van der Waals surface area contributed by atoms with E-state index in [0.717, 1.165) is 0 Å². The predicted octanol–water partition coefficient (Wildman–Crippen LogP) is 0.294. The number of thioether (sulfide) groups is 1. The van der Waals surface area contributed by atoms with Gasteiger partial charge in [0.05, 0.1) is 0 Å². The van der Waals surface area contributed by atoms with Crippen molar-refractivity contribution >= 4 is 23.6 Å². The molecule has 16 heavy (non-hydrogen) atoms. The van der Waals surface area contributed by atoms with Crippen molar-refractivity contribution in [3.63, 3.8) is 0 Å². The molecule has 0 aliphatic heterocycles. The molecule has 0 bridgehead atoms. The highest BCUT2D eigenvalue weighted by molar-refractivity contribution is 7.98. The summed E-state index contributed by atoms with van der Waals surface area (Å²) in [4.78, 5) is 22.4. The summed E-state index contributed by atoms with van der Waals surface area (Å²) >= 11 is 1.56. The Morgan fingerprint density at radius 2 is 2.06 bits per heavy atom. The van der Waals surface area contributed by atoms with Crippen molar-refractivity contribution in [3.05, 3.63) is 0 Å². The van der Waals surface area contributed by atoms with E-state index in [0.29, 0.717) is 25.1 Å². The molecule has 0 heterocycles. The Morgan fingerprint density at radius 1 is 1.44 bits per heavy atom. The number of carboxylic acids is 1. The number of aliphatic carboxylic acids is 1. The Labute approximate surface area is 100 Å². The fourth-order valence-electron chi connectivity index (χ4n) is 1.19. The molecule has 0 rings (SSSR count). The Bertz CT molecular complexity index is 236. The Hall–Kier alpha value is -0.750. The van der Waals surface area contributed by atoms with E-state index < -0.39 is 12.0 Å². The number of nitrogens with two attached hydrogens (primary N) is 1. The molecular weight excluding hydrogens is 228 g/mol. The van der Waals surface area contributed by atoms with Crippen LogP contribution in [-0.2, 0) is 9.59 Å². The highest BCUT2D eigenvalue weighted by Gasteiger charge is 2.21. The SMILES string of the molecule is CSCC[C@H](NC(=O)C(C)CCN)C(=O)O. The Balaban J connectivity index is 4.17. The van der Waals surface area contributed by atoms with Crippen molar-refractivity contribution in [2.75, 3.05) is 18.6 Å². The number of carbonyl (C=O) groups excluding carboxylic acids is 1. The van der Waals surface area contributed by atoms with Crippen LogP contribution < -0.4 is 11.1 Å². The van der Waals surface area contributed by atoms with Crippen molar-refractivity contribution in [2.24, 2.45) is 11.7 Å². The van der Waals surface area contributed by atoms with Crippen LogP contribution in [0.25, 0.3) is 0 Å². The van der Waals surface area contributed by atoms with Gasteiger partial charge in [-0.25, -0.2) is 4.79 Å². The maximum Gasteiger partial charge on any atom is 0.326 e. The van der Waals surface area contributed by atoms with Gasteiger partial charge in [0.15, 0.2) is 0 Å². The molecule has 0 saturated heterocycles. The second-order valence-corrected chi connectivity index (χ2v) is 4.64. The summed E-state index contributed by atoms with van der Waals surface area (Å²) in [5, 5.41) is 11.4. The van der Waals surface area contributed by atoms with E-state index in [1.165, 1.54) is 0 Å². The first kappa shape index (κ1) is 15.2. The third-order valence-corrected chi connectivity index (χ3v) is 2.92. The maximum absolute atomic E-state index is 11.6. The normalized spacial score (nSPS) is 14.2. The summed E-state index contributed by atoms with van der Waals surface area (Å²) in [7, 11) is 0. The van der Waals surface area contributed by atoms with Gasteiger partial charge in [0.2, 0.25) is 5.91 Å². The van der Waals surface area contributed by atoms with Crippen LogP contribution >= 0.6 is 11.8 Å². The van der Waals surface area contributed by atoms with Crippen molar-refractivity contribution in [3.8, 4) is 0 Å². The smallest absolute Gasteiger partial charge is 0.326 e. The highest BCUT2D eigenvalue weighted by atomic mass is 32.2. The first-order valence-corrected chi connectivity index (χ1v) is 6.64. The quantitative estimate of drug-likeness (QED) is 0.574. The first-order chi connectivity index (χ1) is 7.52. The lowest BCUT2D eigenvalue weighted by atomic mass is 10.1. The minimum Gasteiger partial charge on any atom is -0.480 e. The van der Waals surface area contributed by atoms with Crippen LogP contribution in [-0.4, -0.2) is 41.6 Å². The minimum absolute atomic E-state index is 0.235. The van der Waals surface area contributed by atoms with Crippen molar-refractivity contribution in [1.29, 1.82) is 0 Å². The van der Waals surface area contributed by atoms with E-state index in [2.05, 4.69) is 5.32 Å². The Morgan fingerprint density at radius 3 is 2.50 bits per heavy atom. The van der Waals surface area contributed by atoms with Crippen LogP contribution in [0.15, 0.2) is 0 Å². The number of amides is 1. The average Bonchev–Trinajstić information content (AvgIpc) is 2.23. The van der Waals surface area contributed by atoms with Gasteiger partial charge in [-0.1, -0.05) is 6.92 Å². The van der Waals surface area contributed by atoms with E-state index in [-0.39, 0.29) is 11.8 Å². The summed E-state index contributed by atoms with van der Waals surface area (Å²) in [6.45, 7) is 2.17. The van der Waals surface area contributed by atoms with Gasteiger partial charge >= 0.3 is 5.97 Å². The molecule has 0 spiro atoms. The van der Waals surface area contributed by atoms with Crippen LogP contribution in [0, 0.1) is 5.92 Å². The number of hydrogen-bond acceptors (Lipinski definition) is 4. The van der Waals surface area contributed by atoms with Gasteiger partial charge in [-0.3, -0.25) is 4.79 Å². The topological polar surface area (TPSA) is 92.4 Å². The standard InChI is InChI=1S/C10H20N2O3S/c1-7(3-5-11)9(13)12-8(10(14)15)4-6-16-2/h7-8H,3-6,11H2,1-2H3,(H,12,13)(H,14,15)/t7?,8-/m0/s1. The summed E-state index contributed by atoms with van der Waals surface area (Å²) in [6.07, 6.45) is 2.91. The van der Waals surface area contributed by atoms with Gasteiger partial charge in [0, 0.05) is 5.92 Å². The fraction of sp³-hybridized carbons (Fsp3) is 0.800. The lowest BCUT2D eigenvalue weighted by Gasteiger charge is -2.17. The van der Waals surface area contributed by atoms with Gasteiger partial charge in [-0.2, -0.15) is 11.8 Å². The van der Waals surface area contributed by atoms with Gasteiger partial charge < -0.3 is 16.2 Å². The average molecular weight is 248 g/mol. The van der Waals surface area contributed by atoms with Crippen molar-refractivity contribution in [1.82, 2.24) is 5.32 Å². The monoisotopic (exact) mass is 248 g/mol. The lowest BCUT2D eigenvalue weighted by Crippen LogP contribution is -2.43. The Kier molecular flexibility index (Phi) is 8.01. The minimum atomic E-state index is -0.984. The van der Waals surface area contributed by atoms with E-state index in [1.807, 2.05) is 6.26 Å². The zero-order valence-electron chi connectivity index (χ0n) is 9.73. The highest BCUT2D eigenvalue weighted by Crippen LogP contribution is 2.04. The number of carbonyl (C=O) groups is 2. The zero-order valence-corrected chi connectivity index (χ0v) is 10.5. The summed E-state index contributed by atoms with van der Waals surface area (Å²) in [6, 6.07) is -0.792. The van der Waals surface area contributed by atoms with Gasteiger partial charge in [0.25, 0.3) is 0 Å². The molecule has 1 unspecified atom stereocenters. The maximum atomic E-state index is 11.6. The van der Waals surface area contributed by atoms with Crippen LogP contribution in [0.1, 0.15) is 19.8 Å². The predicted molar refractivity (Wildman–Crippen MR) is 65.4 cm³/mol. The molecule has 0 aromatic carbocycles. The van der Waals surface area contributed by atoms with Crippen LogP contribution in [0.4, 0.5) is 0 Å². The van der Waals surface area contributed by atoms with E-state index in [9.17, 15) is 9.59 Å². The number of hydrogen-bond donors (Lipinski definition) is 3. The molecule has 1 amide bonds. The number of nitrogens with one attached hydrogen (secondary N) is 1. The molecule has 0 radical (unpaired) electrons. The molecule has 0 aromatic rings. The molecule has 0 aromatic heterocycles. The zero-order chi connectivity index (χ0) is 12.6. The summed E-state index contributed by atoms with van der Waals surface area (Å²) in [5.74, 6) is -0.745. The molecule has 2 atom stereocenters. The molecule has 0 aliphatic rings. The molecule has 4 N–H and O–H groups in total. The van der Waals surface area contributed by atoms with Crippen LogP contribution in [0.5, 0.6) is 0 Å². The molecule has 0 aliphatic carbocycles. The fourth-order valence-corrected chi connectivity index (χ4v) is 1.66. The molecule has 0 saturated carbocycles. The van der Waals surface area contributed by atoms with Crippen LogP contribution in [0.3, 0.4) is 0 Å². The van der Waals surface area contributed by atoms with Gasteiger partial charge in [-0.15, -0.1) is 0 Å². The van der Waals surface area contributed by atoms with Gasteiger partial charge in [0.1, 0.15) is 6.04 Å². The first-order valence-electron chi connectivity index (χ1n) is 5.25. The molecule has 0 fully saturated rings. The molecule has 94 valence electrons. The lowest BCUT2D eigenvalue weighted by molar-refractivity contribution is -0.142. The third kappa shape index (κ3) is 5.97. The molecule has 6 heteroatoms. The second kappa shape index (κ2) is 8.41. The van der Waals surface area contributed by atoms with Crippen LogP contribution in [0.2, 0.25) is 0 Å². The summed E-state index contributed by atoms with van der Waals surface area (Å²) in [5.41, 5.74) is 5.34. The van der Waals surface area contributed by atoms with Crippen molar-refractivity contribution < 1.29 is 14.7 Å². The number of carboxylic acid groups (broad SMARTS) is 1. The number of rotatable bonds is 8. The summed E-state index contributed by atoms with van der Waals surface area (Å²) < 4.78 is 0. The van der Waals surface area contributed by atoms with E-state index in [4.69, 9.17) is 10.8 Å². The van der Waals surface area contributed by atoms with Gasteiger partial charge in [-0.05, 0) is 31.4 Å². The van der Waals surface area contributed by atoms with E-state index in [1.54, 1.807) is 18.7 Å². The third-order valence-electron chi connectivity index (χ3n) is 2.27. The second-order valence-electron chi connectivity index (χ2n) is 3.66. The van der Waals surface area contributed by atoms with E-state index >= 15 is 0 Å².